The molecule has 0 aliphatic carbocycles. The van der Waals surface area contributed by atoms with Crippen molar-refractivity contribution in [3.8, 4) is 5.88 Å². The van der Waals surface area contributed by atoms with E-state index in [1.165, 1.54) is 13.1 Å². The third-order valence-corrected chi connectivity index (χ3v) is 1.86. The van der Waals surface area contributed by atoms with Crippen LogP contribution in [0.2, 0.25) is 0 Å². The molecule has 1 aromatic heterocycles. The minimum absolute atomic E-state index is 0.0673. The number of pyridine rings is 1. The molecule has 1 aromatic rings. The summed E-state index contributed by atoms with van der Waals surface area (Å²) in [6.07, 6.45) is 5.14. The average molecular weight is 221 g/mol. The van der Waals surface area contributed by atoms with Crippen LogP contribution in [0, 0.1) is 0 Å². The molecule has 0 spiro atoms. The molecule has 1 heterocycles. The number of carbonyl (C=O) groups excluding carboxylic acids is 1. The minimum Gasteiger partial charge on any atom is -0.481 e. The van der Waals surface area contributed by atoms with Crippen molar-refractivity contribution in [2.75, 3.05) is 19.4 Å². The molecule has 0 saturated carbocycles. The van der Waals surface area contributed by atoms with Gasteiger partial charge in [-0.25, -0.2) is 4.98 Å². The van der Waals surface area contributed by atoms with Gasteiger partial charge in [0.15, 0.2) is 0 Å². The smallest absolute Gasteiger partial charge is 0.220 e. The number of nitrogens with zero attached hydrogens (tertiary/aromatic N) is 1. The van der Waals surface area contributed by atoms with Gasteiger partial charge in [0.25, 0.3) is 0 Å². The predicted octanol–water partition coefficient (Wildman–Crippen LogP) is 0.822. The number of carbonyl (C=O) groups is 1. The second-order valence-electron chi connectivity index (χ2n) is 3.21. The molecule has 0 atom stereocenters. The molecule has 0 aliphatic heterocycles. The highest BCUT2D eigenvalue weighted by molar-refractivity contribution is 5.73. The number of amides is 1. The molecule has 5 heteroatoms. The number of nitrogens with two attached hydrogens (primary N) is 1. The van der Waals surface area contributed by atoms with E-state index in [-0.39, 0.29) is 5.91 Å². The number of ether oxygens (including phenoxy) is 1. The van der Waals surface area contributed by atoms with Gasteiger partial charge in [-0.05, 0) is 6.07 Å². The fourth-order valence-corrected chi connectivity index (χ4v) is 1.16. The van der Waals surface area contributed by atoms with E-state index in [0.717, 1.165) is 5.56 Å². The second kappa shape index (κ2) is 5.75. The molecule has 0 fully saturated rings. The minimum atomic E-state index is -0.0673. The van der Waals surface area contributed by atoms with Gasteiger partial charge in [0.2, 0.25) is 11.8 Å². The zero-order valence-corrected chi connectivity index (χ0v) is 9.36. The monoisotopic (exact) mass is 221 g/mol. The van der Waals surface area contributed by atoms with E-state index in [2.05, 4.69) is 10.3 Å². The predicted molar refractivity (Wildman–Crippen MR) is 62.9 cm³/mol. The molecule has 0 bridgehead atoms. The number of aromatic nitrogens is 1. The highest BCUT2D eigenvalue weighted by Crippen LogP contribution is 2.18. The van der Waals surface area contributed by atoms with Crippen LogP contribution in [0.25, 0.3) is 6.08 Å². The Kier molecular flexibility index (Phi) is 4.32. The van der Waals surface area contributed by atoms with Crippen LogP contribution in [0.3, 0.4) is 0 Å². The Labute approximate surface area is 94.3 Å². The van der Waals surface area contributed by atoms with Crippen LogP contribution in [0.5, 0.6) is 5.88 Å². The van der Waals surface area contributed by atoms with E-state index < -0.39 is 0 Å². The van der Waals surface area contributed by atoms with Crippen molar-refractivity contribution in [3.05, 3.63) is 23.9 Å². The van der Waals surface area contributed by atoms with Gasteiger partial charge in [-0.3, -0.25) is 4.79 Å². The number of nitrogen functional groups attached to an aromatic ring is 1. The summed E-state index contributed by atoms with van der Waals surface area (Å²) in [7, 11) is 1.55. The van der Waals surface area contributed by atoms with Gasteiger partial charge in [0.1, 0.15) is 0 Å². The van der Waals surface area contributed by atoms with E-state index in [9.17, 15) is 4.79 Å². The van der Waals surface area contributed by atoms with Gasteiger partial charge >= 0.3 is 0 Å². The summed E-state index contributed by atoms with van der Waals surface area (Å²) in [5, 5.41) is 2.65. The average Bonchev–Trinajstić information content (AvgIpc) is 2.24. The fraction of sp³-hybridized carbons (Fsp3) is 0.273. The largest absolute Gasteiger partial charge is 0.481 e. The number of nitrogens with one attached hydrogen (secondary N) is 1. The van der Waals surface area contributed by atoms with Gasteiger partial charge in [-0.2, -0.15) is 0 Å². The van der Waals surface area contributed by atoms with Crippen molar-refractivity contribution in [2.45, 2.75) is 6.92 Å². The molecular formula is C11H15N3O2. The Bertz CT molecular complexity index is 402. The van der Waals surface area contributed by atoms with Crippen LogP contribution in [0.4, 0.5) is 5.69 Å². The Balaban J connectivity index is 2.71. The highest BCUT2D eigenvalue weighted by Gasteiger charge is 2.00. The lowest BCUT2D eigenvalue weighted by atomic mass is 10.2. The lowest BCUT2D eigenvalue weighted by Crippen LogP contribution is -2.19. The first-order valence-electron chi connectivity index (χ1n) is 4.84. The van der Waals surface area contributed by atoms with E-state index in [4.69, 9.17) is 10.5 Å². The maximum Gasteiger partial charge on any atom is 0.220 e. The maximum atomic E-state index is 10.6. The summed E-state index contributed by atoms with van der Waals surface area (Å²) in [6.45, 7) is 1.93. The van der Waals surface area contributed by atoms with E-state index in [1.807, 2.05) is 0 Å². The maximum absolute atomic E-state index is 10.6. The highest BCUT2D eigenvalue weighted by atomic mass is 16.5. The van der Waals surface area contributed by atoms with Gasteiger partial charge in [0, 0.05) is 19.0 Å². The molecule has 3 N–H and O–H groups in total. The first-order valence-corrected chi connectivity index (χ1v) is 4.84. The third kappa shape index (κ3) is 3.61. The van der Waals surface area contributed by atoms with Crippen LogP contribution in [0.1, 0.15) is 12.5 Å². The molecule has 0 unspecified atom stereocenters. The number of hydrogen-bond donors (Lipinski definition) is 2. The molecule has 5 nitrogen and oxygen atoms in total. The lowest BCUT2D eigenvalue weighted by Gasteiger charge is -2.04. The van der Waals surface area contributed by atoms with Crippen molar-refractivity contribution in [1.29, 1.82) is 0 Å². The fourth-order valence-electron chi connectivity index (χ4n) is 1.16. The molecule has 1 rings (SSSR count). The Morgan fingerprint density at radius 1 is 1.69 bits per heavy atom. The van der Waals surface area contributed by atoms with Crippen molar-refractivity contribution in [3.63, 3.8) is 0 Å². The molecule has 16 heavy (non-hydrogen) atoms. The Morgan fingerprint density at radius 3 is 3.06 bits per heavy atom. The number of methoxy groups -OCH3 is 1. The molecule has 1 amide bonds. The molecular weight excluding hydrogens is 206 g/mol. The SMILES string of the molecule is COc1ncc(N)cc1C=CCNC(C)=O. The summed E-state index contributed by atoms with van der Waals surface area (Å²) < 4.78 is 5.07. The van der Waals surface area contributed by atoms with Crippen LogP contribution in [-0.4, -0.2) is 24.5 Å². The van der Waals surface area contributed by atoms with Gasteiger partial charge in [0.05, 0.1) is 19.0 Å². The first kappa shape index (κ1) is 12.0. The number of hydrogen-bond acceptors (Lipinski definition) is 4. The molecule has 0 radical (unpaired) electrons. The van der Waals surface area contributed by atoms with Crippen LogP contribution in [-0.2, 0) is 4.79 Å². The molecule has 86 valence electrons. The zero-order chi connectivity index (χ0) is 12.0. The summed E-state index contributed by atoms with van der Waals surface area (Å²) >= 11 is 0. The zero-order valence-electron chi connectivity index (χ0n) is 9.36. The lowest BCUT2D eigenvalue weighted by molar-refractivity contribution is -0.118. The third-order valence-electron chi connectivity index (χ3n) is 1.86. The van der Waals surface area contributed by atoms with Crippen LogP contribution in [0.15, 0.2) is 18.3 Å². The van der Waals surface area contributed by atoms with Gasteiger partial charge in [-0.15, -0.1) is 0 Å². The van der Waals surface area contributed by atoms with Crippen molar-refractivity contribution < 1.29 is 9.53 Å². The van der Waals surface area contributed by atoms with E-state index in [1.54, 1.807) is 25.3 Å². The van der Waals surface area contributed by atoms with Gasteiger partial charge in [-0.1, -0.05) is 12.2 Å². The normalized spacial score (nSPS) is 10.4. The van der Waals surface area contributed by atoms with Crippen LogP contribution < -0.4 is 15.8 Å². The topological polar surface area (TPSA) is 77.2 Å². The molecule has 0 aliphatic rings. The Morgan fingerprint density at radius 2 is 2.44 bits per heavy atom. The van der Waals surface area contributed by atoms with Crippen molar-refractivity contribution in [1.82, 2.24) is 10.3 Å². The van der Waals surface area contributed by atoms with E-state index >= 15 is 0 Å². The first-order chi connectivity index (χ1) is 7.63. The number of anilines is 1. The quantitative estimate of drug-likeness (QED) is 0.789. The Hall–Kier alpha value is -2.04. The summed E-state index contributed by atoms with van der Waals surface area (Å²) in [4.78, 5) is 14.7. The van der Waals surface area contributed by atoms with Crippen molar-refractivity contribution in [2.24, 2.45) is 0 Å². The molecule has 0 aromatic carbocycles. The summed E-state index contributed by atoms with van der Waals surface area (Å²) in [5.74, 6) is 0.440. The summed E-state index contributed by atoms with van der Waals surface area (Å²) in [5.41, 5.74) is 6.97. The summed E-state index contributed by atoms with van der Waals surface area (Å²) in [6, 6.07) is 1.76. The van der Waals surface area contributed by atoms with E-state index in [0.29, 0.717) is 18.1 Å². The van der Waals surface area contributed by atoms with Gasteiger partial charge < -0.3 is 15.8 Å². The number of rotatable bonds is 4. The van der Waals surface area contributed by atoms with Crippen molar-refractivity contribution >= 4 is 17.7 Å². The van der Waals surface area contributed by atoms with Crippen LogP contribution >= 0.6 is 0 Å². The standard InChI is InChI=1S/C11H15N3O2/c1-8(15)13-5-3-4-9-6-10(12)7-14-11(9)16-2/h3-4,6-7H,5,12H2,1-2H3,(H,13,15). The molecule has 0 saturated heterocycles. The second-order valence-corrected chi connectivity index (χ2v) is 3.21.